The molecule has 0 bridgehead atoms. The lowest BCUT2D eigenvalue weighted by molar-refractivity contribution is 0.0443. The lowest BCUT2D eigenvalue weighted by atomic mass is 10.2. The first-order valence-corrected chi connectivity index (χ1v) is 4.86. The first kappa shape index (κ1) is 12.4. The zero-order valence-corrected chi connectivity index (χ0v) is 9.19. The van der Waals surface area contributed by atoms with Crippen LogP contribution < -0.4 is 10.5 Å². The van der Waals surface area contributed by atoms with Crippen molar-refractivity contribution in [1.82, 2.24) is 9.71 Å². The number of H-pyrrole nitrogens is 1. The van der Waals surface area contributed by atoms with Crippen molar-refractivity contribution in [2.45, 2.75) is 0 Å². The van der Waals surface area contributed by atoms with Crippen LogP contribution in [0.3, 0.4) is 0 Å². The Hall–Kier alpha value is -3.10. The van der Waals surface area contributed by atoms with Gasteiger partial charge in [0.15, 0.2) is 17.2 Å². The zero-order chi connectivity index (χ0) is 14.2. The molecule has 1 aromatic heterocycles. The van der Waals surface area contributed by atoms with Crippen LogP contribution in [0.5, 0.6) is 23.1 Å². The molecule has 0 saturated carbocycles. The van der Waals surface area contributed by atoms with Gasteiger partial charge in [0.2, 0.25) is 5.88 Å². The number of imidazole rings is 1. The summed E-state index contributed by atoms with van der Waals surface area (Å²) in [4.78, 5) is 29.3. The molecule has 100 valence electrons. The summed E-state index contributed by atoms with van der Waals surface area (Å²) in [5.41, 5.74) is -1.20. The summed E-state index contributed by atoms with van der Waals surface area (Å²) in [6, 6.07) is 1.68. The number of aromatic nitrogens is 2. The Morgan fingerprint density at radius 3 is 2.21 bits per heavy atom. The van der Waals surface area contributed by atoms with Gasteiger partial charge in [-0.05, 0) is 12.1 Å². The van der Waals surface area contributed by atoms with Gasteiger partial charge in [0.05, 0.1) is 5.56 Å². The highest BCUT2D eigenvalue weighted by atomic mass is 16.7. The average Bonchev–Trinajstić information content (AvgIpc) is 2.64. The van der Waals surface area contributed by atoms with Crippen LogP contribution in [0.15, 0.2) is 23.1 Å². The summed E-state index contributed by atoms with van der Waals surface area (Å²) < 4.78 is 0.429. The predicted molar refractivity (Wildman–Crippen MR) is 59.1 cm³/mol. The molecule has 0 saturated heterocycles. The number of carbonyl (C=O) groups is 1. The van der Waals surface area contributed by atoms with Gasteiger partial charge < -0.3 is 25.3 Å². The minimum Gasteiger partial charge on any atom is -0.504 e. The maximum absolute atomic E-state index is 11.6. The fraction of sp³-hybridized carbons (Fsp3) is 0. The Balaban J connectivity index is 2.30. The van der Waals surface area contributed by atoms with E-state index >= 15 is 0 Å². The topological polar surface area (TPSA) is 145 Å². The van der Waals surface area contributed by atoms with Crippen LogP contribution in [-0.4, -0.2) is 36.1 Å². The van der Waals surface area contributed by atoms with Gasteiger partial charge in [-0.1, -0.05) is 0 Å². The number of rotatable bonds is 2. The van der Waals surface area contributed by atoms with Crippen molar-refractivity contribution in [2.75, 3.05) is 0 Å². The fourth-order valence-corrected chi connectivity index (χ4v) is 1.30. The number of benzene rings is 1. The second-order valence-corrected chi connectivity index (χ2v) is 3.51. The number of nitrogens with one attached hydrogen (secondary N) is 1. The van der Waals surface area contributed by atoms with Crippen molar-refractivity contribution >= 4 is 5.97 Å². The molecular formula is C10H8N2O7. The van der Waals surface area contributed by atoms with Crippen LogP contribution in [0, 0.1) is 0 Å². The molecule has 0 amide bonds. The first-order chi connectivity index (χ1) is 8.88. The van der Waals surface area contributed by atoms with Crippen molar-refractivity contribution in [3.8, 4) is 23.1 Å². The molecule has 0 radical (unpaired) electrons. The Kier molecular flexibility index (Phi) is 2.79. The third-order valence-corrected chi connectivity index (χ3v) is 2.16. The molecule has 1 heterocycles. The number of hydrogen-bond donors (Lipinski definition) is 5. The van der Waals surface area contributed by atoms with E-state index in [0.717, 1.165) is 18.3 Å². The minimum atomic E-state index is -1.09. The molecule has 0 aliphatic heterocycles. The van der Waals surface area contributed by atoms with Crippen LogP contribution in [0.25, 0.3) is 0 Å². The Labute approximate surface area is 104 Å². The van der Waals surface area contributed by atoms with Crippen LogP contribution in [0.1, 0.15) is 10.4 Å². The van der Waals surface area contributed by atoms with E-state index in [1.807, 2.05) is 4.98 Å². The Bertz CT molecular complexity index is 677. The van der Waals surface area contributed by atoms with Crippen LogP contribution in [0.2, 0.25) is 0 Å². The molecule has 1 aromatic carbocycles. The predicted octanol–water partition coefficient (Wildman–Crippen LogP) is -0.732. The number of aromatic amines is 1. The van der Waals surface area contributed by atoms with E-state index in [-0.39, 0.29) is 5.56 Å². The smallest absolute Gasteiger partial charge is 0.364 e. The number of carbonyl (C=O) groups excluding carboxylic acids is 1. The van der Waals surface area contributed by atoms with Crippen molar-refractivity contribution in [3.63, 3.8) is 0 Å². The van der Waals surface area contributed by atoms with Gasteiger partial charge in [-0.2, -0.15) is 0 Å². The Morgan fingerprint density at radius 2 is 1.74 bits per heavy atom. The molecular weight excluding hydrogens is 260 g/mol. The molecule has 0 atom stereocenters. The highest BCUT2D eigenvalue weighted by Gasteiger charge is 2.16. The monoisotopic (exact) mass is 268 g/mol. The SMILES string of the molecule is O=C(On1cc(O)[nH]c1=O)c1cc(O)c(O)c(O)c1. The van der Waals surface area contributed by atoms with Crippen LogP contribution in [-0.2, 0) is 0 Å². The third kappa shape index (κ3) is 2.29. The maximum Gasteiger partial charge on any atom is 0.364 e. The maximum atomic E-state index is 11.6. The molecule has 9 nitrogen and oxygen atoms in total. The molecule has 9 heteroatoms. The van der Waals surface area contributed by atoms with Crippen LogP contribution in [0.4, 0.5) is 0 Å². The van der Waals surface area contributed by atoms with Crippen molar-refractivity contribution in [1.29, 1.82) is 0 Å². The van der Waals surface area contributed by atoms with Gasteiger partial charge in [-0.3, -0.25) is 4.98 Å². The number of hydrogen-bond acceptors (Lipinski definition) is 7. The normalized spacial score (nSPS) is 10.3. The van der Waals surface area contributed by atoms with Gasteiger partial charge in [0.1, 0.15) is 6.20 Å². The fourth-order valence-electron chi connectivity index (χ4n) is 1.30. The first-order valence-electron chi connectivity index (χ1n) is 4.86. The molecule has 0 aliphatic rings. The Morgan fingerprint density at radius 1 is 1.16 bits per heavy atom. The van der Waals surface area contributed by atoms with Crippen molar-refractivity contribution in [3.05, 3.63) is 34.4 Å². The zero-order valence-electron chi connectivity index (χ0n) is 9.19. The number of phenols is 3. The highest BCUT2D eigenvalue weighted by molar-refractivity contribution is 5.91. The summed E-state index contributed by atoms with van der Waals surface area (Å²) >= 11 is 0. The summed E-state index contributed by atoms with van der Waals surface area (Å²) in [7, 11) is 0. The highest BCUT2D eigenvalue weighted by Crippen LogP contribution is 2.35. The molecule has 2 rings (SSSR count). The van der Waals surface area contributed by atoms with Gasteiger partial charge >= 0.3 is 11.7 Å². The van der Waals surface area contributed by atoms with Gasteiger partial charge in [-0.25, -0.2) is 9.59 Å². The molecule has 19 heavy (non-hydrogen) atoms. The van der Waals surface area contributed by atoms with E-state index < -0.39 is 34.8 Å². The second kappa shape index (κ2) is 4.29. The number of phenolic OH excluding ortho intramolecular Hbond substituents is 3. The standard InChI is InChI=1S/C10H8N2O7/c13-5-1-4(2-6(14)8(5)16)9(17)19-12-3-7(15)11-10(12)18/h1-3,13-16H,(H,11,18). The largest absolute Gasteiger partial charge is 0.504 e. The summed E-state index contributed by atoms with van der Waals surface area (Å²) in [5, 5.41) is 36.5. The number of aromatic hydroxyl groups is 4. The van der Waals surface area contributed by atoms with E-state index in [9.17, 15) is 19.8 Å². The molecule has 2 aromatic rings. The van der Waals surface area contributed by atoms with Gasteiger partial charge in [-0.15, -0.1) is 4.73 Å². The summed E-state index contributed by atoms with van der Waals surface area (Å²) in [6.45, 7) is 0. The van der Waals surface area contributed by atoms with Crippen molar-refractivity contribution < 1.29 is 30.1 Å². The molecule has 0 fully saturated rings. The van der Waals surface area contributed by atoms with E-state index in [2.05, 4.69) is 4.84 Å². The third-order valence-electron chi connectivity index (χ3n) is 2.16. The lowest BCUT2D eigenvalue weighted by Gasteiger charge is -2.05. The van der Waals surface area contributed by atoms with E-state index in [1.54, 1.807) is 0 Å². The molecule has 0 unspecified atom stereocenters. The van der Waals surface area contributed by atoms with Gasteiger partial charge in [0, 0.05) is 0 Å². The average molecular weight is 268 g/mol. The van der Waals surface area contributed by atoms with Crippen LogP contribution >= 0.6 is 0 Å². The lowest BCUT2D eigenvalue weighted by Crippen LogP contribution is -2.28. The summed E-state index contributed by atoms with van der Waals surface area (Å²) in [5.74, 6) is -3.83. The minimum absolute atomic E-state index is 0.305. The molecule has 0 aliphatic carbocycles. The molecule has 5 N–H and O–H groups in total. The van der Waals surface area contributed by atoms with E-state index in [1.165, 1.54) is 0 Å². The summed E-state index contributed by atoms with van der Waals surface area (Å²) in [6.07, 6.45) is 0.820. The number of nitrogens with zero attached hydrogens (tertiary/aromatic N) is 1. The van der Waals surface area contributed by atoms with E-state index in [0.29, 0.717) is 4.73 Å². The van der Waals surface area contributed by atoms with Gasteiger partial charge in [0.25, 0.3) is 0 Å². The van der Waals surface area contributed by atoms with E-state index in [4.69, 9.17) is 10.2 Å². The molecule has 0 spiro atoms. The quantitative estimate of drug-likeness (QED) is 0.451. The van der Waals surface area contributed by atoms with Crippen molar-refractivity contribution in [2.24, 2.45) is 0 Å². The second-order valence-electron chi connectivity index (χ2n) is 3.51.